The minimum atomic E-state index is -0.379. The quantitative estimate of drug-likeness (QED) is 0.877. The average Bonchev–Trinajstić information content (AvgIpc) is 2.98. The maximum Gasteiger partial charge on any atom is 0.231 e. The molecule has 2 aromatic rings. The molecule has 0 amide bonds. The first-order valence-corrected chi connectivity index (χ1v) is 5.93. The van der Waals surface area contributed by atoms with Crippen LogP contribution in [0.3, 0.4) is 0 Å². The molecule has 0 spiro atoms. The van der Waals surface area contributed by atoms with Crippen molar-refractivity contribution in [3.05, 3.63) is 30.0 Å². The molecule has 3 rings (SSSR count). The average molecular weight is 248 g/mol. The molecule has 1 aliphatic heterocycles. The first kappa shape index (κ1) is 11.3. The smallest absolute Gasteiger partial charge is 0.231 e. The maximum absolute atomic E-state index is 12.8. The van der Waals surface area contributed by atoms with Crippen molar-refractivity contribution < 1.29 is 8.91 Å². The van der Waals surface area contributed by atoms with Gasteiger partial charge in [-0.2, -0.15) is 4.98 Å². The van der Waals surface area contributed by atoms with Crippen LogP contribution in [0.25, 0.3) is 11.5 Å². The lowest BCUT2D eigenvalue weighted by Gasteiger charge is -2.08. The SMILES string of the molecule is CC1NCCC1c1nc(-c2ccc(F)cn2)no1. The summed E-state index contributed by atoms with van der Waals surface area (Å²) in [6, 6.07) is 3.21. The summed E-state index contributed by atoms with van der Waals surface area (Å²) in [5.74, 6) is 0.889. The predicted octanol–water partition coefficient (Wildman–Crippen LogP) is 1.74. The van der Waals surface area contributed by atoms with E-state index in [1.165, 1.54) is 6.07 Å². The number of nitrogens with one attached hydrogen (secondary N) is 1. The molecule has 2 atom stereocenters. The molecule has 6 heteroatoms. The number of halogens is 1. The van der Waals surface area contributed by atoms with Gasteiger partial charge in [0.2, 0.25) is 11.7 Å². The zero-order valence-electron chi connectivity index (χ0n) is 9.93. The van der Waals surface area contributed by atoms with E-state index in [0.29, 0.717) is 23.5 Å². The van der Waals surface area contributed by atoms with Crippen LogP contribution >= 0.6 is 0 Å². The third kappa shape index (κ3) is 1.99. The molecule has 18 heavy (non-hydrogen) atoms. The van der Waals surface area contributed by atoms with E-state index in [-0.39, 0.29) is 11.7 Å². The van der Waals surface area contributed by atoms with Crippen LogP contribution < -0.4 is 5.32 Å². The van der Waals surface area contributed by atoms with Crippen LogP contribution in [0.5, 0.6) is 0 Å². The number of hydrogen-bond acceptors (Lipinski definition) is 5. The van der Waals surface area contributed by atoms with Crippen molar-refractivity contribution in [3.63, 3.8) is 0 Å². The summed E-state index contributed by atoms with van der Waals surface area (Å²) in [4.78, 5) is 8.27. The Hall–Kier alpha value is -1.82. The summed E-state index contributed by atoms with van der Waals surface area (Å²) in [5.41, 5.74) is 0.519. The van der Waals surface area contributed by atoms with Gasteiger partial charge in [-0.05, 0) is 32.0 Å². The summed E-state index contributed by atoms with van der Waals surface area (Å²) in [7, 11) is 0. The fourth-order valence-electron chi connectivity index (χ4n) is 2.19. The lowest BCUT2D eigenvalue weighted by atomic mass is 10.0. The minimum absolute atomic E-state index is 0.242. The number of nitrogens with zero attached hydrogens (tertiary/aromatic N) is 3. The number of rotatable bonds is 2. The molecule has 0 aliphatic carbocycles. The van der Waals surface area contributed by atoms with Crippen molar-refractivity contribution in [1.29, 1.82) is 0 Å². The summed E-state index contributed by atoms with van der Waals surface area (Å²) in [6.45, 7) is 3.05. The van der Waals surface area contributed by atoms with E-state index < -0.39 is 0 Å². The highest BCUT2D eigenvalue weighted by Gasteiger charge is 2.29. The Bertz CT molecular complexity index is 539. The zero-order chi connectivity index (χ0) is 12.5. The lowest BCUT2D eigenvalue weighted by Crippen LogP contribution is -2.21. The van der Waals surface area contributed by atoms with Gasteiger partial charge in [0.1, 0.15) is 11.5 Å². The molecule has 2 unspecified atom stereocenters. The molecule has 1 fully saturated rings. The second-order valence-corrected chi connectivity index (χ2v) is 4.46. The van der Waals surface area contributed by atoms with Crippen LogP contribution in [0.15, 0.2) is 22.9 Å². The fourth-order valence-corrected chi connectivity index (χ4v) is 2.19. The molecule has 1 saturated heterocycles. The van der Waals surface area contributed by atoms with Crippen LogP contribution in [0.4, 0.5) is 4.39 Å². The third-order valence-corrected chi connectivity index (χ3v) is 3.24. The maximum atomic E-state index is 12.8. The van der Waals surface area contributed by atoms with Gasteiger partial charge in [-0.1, -0.05) is 5.16 Å². The van der Waals surface area contributed by atoms with Gasteiger partial charge in [0.25, 0.3) is 0 Å². The molecule has 0 bridgehead atoms. The van der Waals surface area contributed by atoms with Gasteiger partial charge in [-0.15, -0.1) is 0 Å². The van der Waals surface area contributed by atoms with E-state index in [1.807, 2.05) is 0 Å². The first-order chi connectivity index (χ1) is 8.74. The van der Waals surface area contributed by atoms with Crippen LogP contribution in [0.2, 0.25) is 0 Å². The Morgan fingerprint density at radius 2 is 2.33 bits per heavy atom. The van der Waals surface area contributed by atoms with Gasteiger partial charge in [-0.25, -0.2) is 9.37 Å². The largest absolute Gasteiger partial charge is 0.339 e. The Balaban J connectivity index is 1.87. The fraction of sp³-hybridized carbons (Fsp3) is 0.417. The Kier molecular flexibility index (Phi) is 2.79. The van der Waals surface area contributed by atoms with Crippen LogP contribution in [0, 0.1) is 5.82 Å². The van der Waals surface area contributed by atoms with E-state index in [4.69, 9.17) is 4.52 Å². The zero-order valence-corrected chi connectivity index (χ0v) is 9.93. The van der Waals surface area contributed by atoms with Crippen LogP contribution in [-0.4, -0.2) is 27.7 Å². The summed E-state index contributed by atoms with van der Waals surface area (Å²) >= 11 is 0. The lowest BCUT2D eigenvalue weighted by molar-refractivity contribution is 0.345. The van der Waals surface area contributed by atoms with Crippen LogP contribution in [-0.2, 0) is 0 Å². The monoisotopic (exact) mass is 248 g/mol. The van der Waals surface area contributed by atoms with E-state index in [2.05, 4.69) is 27.4 Å². The summed E-state index contributed by atoms with van der Waals surface area (Å²) < 4.78 is 18.0. The number of hydrogen-bond donors (Lipinski definition) is 1. The molecule has 1 N–H and O–H groups in total. The van der Waals surface area contributed by atoms with Gasteiger partial charge in [-0.3, -0.25) is 0 Å². The van der Waals surface area contributed by atoms with Gasteiger partial charge < -0.3 is 9.84 Å². The van der Waals surface area contributed by atoms with E-state index in [0.717, 1.165) is 19.2 Å². The molecular formula is C12H13FN4O. The molecule has 3 heterocycles. The first-order valence-electron chi connectivity index (χ1n) is 5.93. The molecule has 0 saturated carbocycles. The third-order valence-electron chi connectivity index (χ3n) is 3.24. The van der Waals surface area contributed by atoms with Gasteiger partial charge in [0, 0.05) is 6.04 Å². The van der Waals surface area contributed by atoms with Crippen LogP contribution in [0.1, 0.15) is 25.2 Å². The Morgan fingerprint density at radius 3 is 3.00 bits per heavy atom. The number of pyridine rings is 1. The van der Waals surface area contributed by atoms with Crippen molar-refractivity contribution in [2.24, 2.45) is 0 Å². The van der Waals surface area contributed by atoms with E-state index >= 15 is 0 Å². The molecule has 0 radical (unpaired) electrons. The molecule has 0 aromatic carbocycles. The molecular weight excluding hydrogens is 235 g/mol. The van der Waals surface area contributed by atoms with E-state index in [9.17, 15) is 4.39 Å². The highest BCUT2D eigenvalue weighted by molar-refractivity contribution is 5.47. The van der Waals surface area contributed by atoms with Crippen molar-refractivity contribution in [2.75, 3.05) is 6.54 Å². The molecule has 1 aliphatic rings. The van der Waals surface area contributed by atoms with Crippen molar-refractivity contribution in [1.82, 2.24) is 20.4 Å². The van der Waals surface area contributed by atoms with E-state index in [1.54, 1.807) is 6.07 Å². The molecule has 2 aromatic heterocycles. The predicted molar refractivity (Wildman–Crippen MR) is 62.3 cm³/mol. The highest BCUT2D eigenvalue weighted by atomic mass is 19.1. The topological polar surface area (TPSA) is 63.8 Å². The molecule has 94 valence electrons. The standard InChI is InChI=1S/C12H13FN4O/c1-7-9(4-5-14-7)12-16-11(17-18-12)10-3-2-8(13)6-15-10/h2-3,6-7,9,14H,4-5H2,1H3. The highest BCUT2D eigenvalue weighted by Crippen LogP contribution is 2.27. The summed E-state index contributed by atoms with van der Waals surface area (Å²) in [5, 5.41) is 7.23. The van der Waals surface area contributed by atoms with Crippen molar-refractivity contribution in [3.8, 4) is 11.5 Å². The normalized spacial score (nSPS) is 23.4. The second kappa shape index (κ2) is 4.45. The van der Waals surface area contributed by atoms with Gasteiger partial charge >= 0.3 is 0 Å². The number of aromatic nitrogens is 3. The van der Waals surface area contributed by atoms with Crippen molar-refractivity contribution >= 4 is 0 Å². The Labute approximate surface area is 103 Å². The van der Waals surface area contributed by atoms with Gasteiger partial charge in [0.05, 0.1) is 12.1 Å². The minimum Gasteiger partial charge on any atom is -0.339 e. The Morgan fingerprint density at radius 1 is 1.44 bits per heavy atom. The second-order valence-electron chi connectivity index (χ2n) is 4.46. The molecule has 5 nitrogen and oxygen atoms in total. The van der Waals surface area contributed by atoms with Gasteiger partial charge in [0.15, 0.2) is 0 Å². The van der Waals surface area contributed by atoms with Crippen molar-refractivity contribution in [2.45, 2.75) is 25.3 Å². The summed E-state index contributed by atoms with van der Waals surface area (Å²) in [6.07, 6.45) is 2.13.